The van der Waals surface area contributed by atoms with Crippen molar-refractivity contribution in [1.29, 1.82) is 0 Å². The number of hydrogen-bond donors (Lipinski definition) is 0. The maximum absolute atomic E-state index is 6.88. The zero-order chi connectivity index (χ0) is 46.4. The van der Waals surface area contributed by atoms with Crippen molar-refractivity contribution in [3.63, 3.8) is 0 Å². The SMILES string of the molecule is Cc1c(N(C2=CCC(C(C)(C)C)C=C2)c2ccc(C(C)(C)C)cc2)ccc2cc3c(cc12)oc1cc2c(C)c(N(c4ccc(C(C)(C)C)cc4)c4ccc(C(C)(C)C)cc4)ccc2cc13. The second-order valence-electron chi connectivity index (χ2n) is 22.9. The summed E-state index contributed by atoms with van der Waals surface area (Å²) in [6.07, 6.45) is 8.20. The van der Waals surface area contributed by atoms with Gasteiger partial charge in [0, 0.05) is 44.9 Å². The molecular weight excluding hydrogens is 789 g/mol. The maximum Gasteiger partial charge on any atom is 0.136 e. The second-order valence-corrected chi connectivity index (χ2v) is 22.9. The lowest BCUT2D eigenvalue weighted by Gasteiger charge is -2.34. The van der Waals surface area contributed by atoms with E-state index in [9.17, 15) is 0 Å². The van der Waals surface area contributed by atoms with Crippen LogP contribution in [0.1, 0.15) is 117 Å². The molecular formula is C62H68N2O. The third-order valence-electron chi connectivity index (χ3n) is 14.1. The molecule has 1 aromatic heterocycles. The number of aryl methyl sites for hydroxylation is 2. The van der Waals surface area contributed by atoms with E-state index in [1.165, 1.54) is 66.4 Å². The molecule has 0 saturated carbocycles. The minimum absolute atomic E-state index is 0.0708. The minimum atomic E-state index is 0.0708. The summed E-state index contributed by atoms with van der Waals surface area (Å²) < 4.78 is 6.88. The summed E-state index contributed by atoms with van der Waals surface area (Å²) >= 11 is 0. The van der Waals surface area contributed by atoms with Crippen LogP contribution in [0.25, 0.3) is 43.5 Å². The summed E-state index contributed by atoms with van der Waals surface area (Å²) in [5, 5.41) is 7.09. The van der Waals surface area contributed by atoms with Crippen LogP contribution in [0.2, 0.25) is 0 Å². The van der Waals surface area contributed by atoms with Gasteiger partial charge in [0.05, 0.1) is 0 Å². The number of nitrogens with zero attached hydrogens (tertiary/aromatic N) is 2. The average molecular weight is 857 g/mol. The topological polar surface area (TPSA) is 19.6 Å². The van der Waals surface area contributed by atoms with Gasteiger partial charge in [0.25, 0.3) is 0 Å². The van der Waals surface area contributed by atoms with Crippen LogP contribution in [0.3, 0.4) is 0 Å². The molecule has 332 valence electrons. The highest BCUT2D eigenvalue weighted by Gasteiger charge is 2.27. The van der Waals surface area contributed by atoms with Gasteiger partial charge < -0.3 is 14.2 Å². The Morgan fingerprint density at radius 2 is 0.831 bits per heavy atom. The molecule has 0 N–H and O–H groups in total. The maximum atomic E-state index is 6.88. The lowest BCUT2D eigenvalue weighted by atomic mass is 9.77. The quantitative estimate of drug-likeness (QED) is 0.166. The number of fused-ring (bicyclic) bond motifs is 5. The van der Waals surface area contributed by atoms with Crippen molar-refractivity contribution < 1.29 is 4.42 Å². The van der Waals surface area contributed by atoms with Gasteiger partial charge >= 0.3 is 0 Å². The van der Waals surface area contributed by atoms with E-state index in [1.54, 1.807) is 0 Å². The van der Waals surface area contributed by atoms with E-state index < -0.39 is 0 Å². The molecule has 1 aliphatic rings. The molecule has 0 saturated heterocycles. The normalized spacial score (nSPS) is 15.0. The predicted octanol–water partition coefficient (Wildman–Crippen LogP) is 18.5. The van der Waals surface area contributed by atoms with Gasteiger partial charge in [0.2, 0.25) is 0 Å². The van der Waals surface area contributed by atoms with Crippen LogP contribution in [-0.2, 0) is 16.2 Å². The lowest BCUT2D eigenvalue weighted by Crippen LogP contribution is -2.23. The fraction of sp³-hybridized carbons (Fsp3) is 0.323. The van der Waals surface area contributed by atoms with Gasteiger partial charge in [-0.05, 0) is 176 Å². The average Bonchev–Trinajstić information content (AvgIpc) is 3.60. The molecule has 0 amide bonds. The highest BCUT2D eigenvalue weighted by molar-refractivity contribution is 6.15. The summed E-state index contributed by atoms with van der Waals surface area (Å²) in [6, 6.07) is 45.8. The first-order valence-corrected chi connectivity index (χ1v) is 23.7. The van der Waals surface area contributed by atoms with E-state index in [-0.39, 0.29) is 21.7 Å². The third-order valence-corrected chi connectivity index (χ3v) is 14.1. The third kappa shape index (κ3) is 8.28. The Bertz CT molecular complexity index is 3090. The van der Waals surface area contributed by atoms with Crippen LogP contribution in [0.5, 0.6) is 0 Å². The zero-order valence-electron chi connectivity index (χ0n) is 41.4. The minimum Gasteiger partial charge on any atom is -0.456 e. The van der Waals surface area contributed by atoms with E-state index in [4.69, 9.17) is 4.42 Å². The smallest absolute Gasteiger partial charge is 0.136 e. The van der Waals surface area contributed by atoms with E-state index in [2.05, 4.69) is 246 Å². The summed E-state index contributed by atoms with van der Waals surface area (Å²) in [5.41, 5.74) is 15.7. The number of rotatable bonds is 6. The van der Waals surface area contributed by atoms with Gasteiger partial charge in [0.1, 0.15) is 11.2 Å². The van der Waals surface area contributed by atoms with Gasteiger partial charge in [-0.15, -0.1) is 0 Å². The molecule has 1 heterocycles. The van der Waals surface area contributed by atoms with Crippen LogP contribution in [0.15, 0.2) is 150 Å². The Balaban J connectivity index is 1.15. The number of anilines is 5. The van der Waals surface area contributed by atoms with Crippen molar-refractivity contribution in [2.75, 3.05) is 9.80 Å². The largest absolute Gasteiger partial charge is 0.456 e. The predicted molar refractivity (Wildman–Crippen MR) is 282 cm³/mol. The molecule has 3 heteroatoms. The first-order valence-electron chi connectivity index (χ1n) is 23.7. The number of furan rings is 1. The molecule has 65 heavy (non-hydrogen) atoms. The van der Waals surface area contributed by atoms with Crippen LogP contribution in [0.4, 0.5) is 28.4 Å². The summed E-state index contributed by atoms with van der Waals surface area (Å²) in [4.78, 5) is 4.86. The molecule has 1 unspecified atom stereocenters. The molecule has 0 spiro atoms. The van der Waals surface area contributed by atoms with Gasteiger partial charge in [-0.25, -0.2) is 0 Å². The van der Waals surface area contributed by atoms with E-state index in [1.807, 2.05) is 0 Å². The van der Waals surface area contributed by atoms with Crippen molar-refractivity contribution in [2.24, 2.45) is 11.3 Å². The van der Waals surface area contributed by atoms with Crippen molar-refractivity contribution in [3.8, 4) is 0 Å². The molecule has 9 rings (SSSR count). The molecule has 1 atom stereocenters. The van der Waals surface area contributed by atoms with Gasteiger partial charge in [-0.3, -0.25) is 0 Å². The standard InChI is InChI=1S/C62H68N2O/c1-39-51-37-57-53(35-41(51)15-33-55(39)63(47-25-17-43(18-26-47)59(3,4)5)48-27-19-44(20-28-48)60(6,7)8)54-36-42-16-34-56(40(2)52(42)38-58(54)65-57)64(49-29-21-45(22-30-49)61(9,10)11)50-31-23-46(24-32-50)62(12,13)14/h15-23,25-38,46H,24H2,1-14H3. The molecule has 3 nitrogen and oxygen atoms in total. The zero-order valence-corrected chi connectivity index (χ0v) is 41.4. The van der Waals surface area contributed by atoms with Crippen LogP contribution in [-0.4, -0.2) is 0 Å². The Hall–Kier alpha value is -6.06. The lowest BCUT2D eigenvalue weighted by molar-refractivity contribution is 0.293. The van der Waals surface area contributed by atoms with Crippen molar-refractivity contribution in [1.82, 2.24) is 0 Å². The summed E-state index contributed by atoms with van der Waals surface area (Å²) in [6.45, 7) is 32.0. The molecule has 0 radical (unpaired) electrons. The Morgan fingerprint density at radius 1 is 0.446 bits per heavy atom. The van der Waals surface area contributed by atoms with E-state index >= 15 is 0 Å². The molecule has 0 aliphatic heterocycles. The summed E-state index contributed by atoms with van der Waals surface area (Å²) in [7, 11) is 0. The molecule has 7 aromatic carbocycles. The van der Waals surface area contributed by atoms with Crippen molar-refractivity contribution >= 4 is 71.9 Å². The Morgan fingerprint density at radius 3 is 1.18 bits per heavy atom. The van der Waals surface area contributed by atoms with Gasteiger partial charge in [-0.2, -0.15) is 0 Å². The van der Waals surface area contributed by atoms with Crippen LogP contribution in [0, 0.1) is 25.2 Å². The van der Waals surface area contributed by atoms with E-state index in [0.29, 0.717) is 5.92 Å². The second kappa shape index (κ2) is 15.8. The van der Waals surface area contributed by atoms with E-state index in [0.717, 1.165) is 45.4 Å². The first kappa shape index (κ1) is 44.2. The number of hydrogen-bond acceptors (Lipinski definition) is 3. The fourth-order valence-corrected chi connectivity index (χ4v) is 9.78. The molecule has 1 aliphatic carbocycles. The first-order chi connectivity index (χ1) is 30.6. The summed E-state index contributed by atoms with van der Waals surface area (Å²) in [5.74, 6) is 0.498. The van der Waals surface area contributed by atoms with Crippen LogP contribution < -0.4 is 9.80 Å². The highest BCUT2D eigenvalue weighted by atomic mass is 16.3. The van der Waals surface area contributed by atoms with Gasteiger partial charge in [-0.1, -0.05) is 144 Å². The highest BCUT2D eigenvalue weighted by Crippen LogP contribution is 2.45. The number of allylic oxidation sites excluding steroid dienone is 3. The Kier molecular flexibility index (Phi) is 10.8. The van der Waals surface area contributed by atoms with Crippen molar-refractivity contribution in [3.05, 3.63) is 173 Å². The Labute approximate surface area is 388 Å². The van der Waals surface area contributed by atoms with Gasteiger partial charge in [0.15, 0.2) is 0 Å². The fourth-order valence-electron chi connectivity index (χ4n) is 9.78. The number of benzene rings is 7. The van der Waals surface area contributed by atoms with Crippen LogP contribution >= 0.6 is 0 Å². The van der Waals surface area contributed by atoms with Crippen molar-refractivity contribution in [2.45, 2.75) is 120 Å². The monoisotopic (exact) mass is 857 g/mol. The molecule has 0 fully saturated rings. The molecule has 8 aromatic rings. The molecule has 0 bridgehead atoms.